The van der Waals surface area contributed by atoms with Crippen molar-refractivity contribution in [3.63, 3.8) is 0 Å². The highest BCUT2D eigenvalue weighted by Gasteiger charge is 1.30. The van der Waals surface area contributed by atoms with Crippen LogP contribution in [-0.2, 0) is 4.79 Å². The van der Waals surface area contributed by atoms with E-state index in [1.54, 1.807) is 0 Å². The van der Waals surface area contributed by atoms with Crippen LogP contribution in [0.4, 0.5) is 0 Å². The van der Waals surface area contributed by atoms with Crippen molar-refractivity contribution in [2.75, 3.05) is 0 Å². The summed E-state index contributed by atoms with van der Waals surface area (Å²) >= 11 is 0. The predicted molar refractivity (Wildman–Crippen MR) is 20.6 cm³/mol. The average molecular weight is 98.5 g/mol. The summed E-state index contributed by atoms with van der Waals surface area (Å²) in [7, 11) is 0. The van der Waals surface area contributed by atoms with Gasteiger partial charge in [0.15, 0.2) is 0 Å². The van der Waals surface area contributed by atoms with Crippen molar-refractivity contribution in [2.24, 2.45) is 0 Å². The molecule has 3 nitrogen and oxygen atoms in total. The fraction of sp³-hybridized carbons (Fsp3) is 0. The molecule has 0 aliphatic rings. The van der Waals surface area contributed by atoms with Crippen LogP contribution < -0.4 is 6.15 Å². The molecule has 0 aliphatic carbocycles. The van der Waals surface area contributed by atoms with Crippen molar-refractivity contribution in [1.29, 1.82) is 0 Å². The van der Waals surface area contributed by atoms with E-state index in [9.17, 15) is 0 Å². The molecule has 0 unspecified atom stereocenters. The quantitative estimate of drug-likeness (QED) is 0.454. The van der Waals surface area contributed by atoms with Crippen LogP contribution in [0, 0.1) is 0 Å². The smallest absolute Gasteiger partial charge is 0.414 e. The molecule has 0 aromatic heterocycles. The van der Waals surface area contributed by atoms with Gasteiger partial charge in [0.05, 0.1) is 0 Å². The molecule has 5 heavy (non-hydrogen) atoms. The maximum Gasteiger partial charge on any atom is 0.414 e. The van der Waals surface area contributed by atoms with Gasteiger partial charge in [-0.15, -0.1) is 12.4 Å². The molecule has 0 fully saturated rings. The first-order valence-corrected chi connectivity index (χ1v) is 0.428. The lowest BCUT2D eigenvalue weighted by Crippen LogP contribution is -1.48. The zero-order valence-electron chi connectivity index (χ0n) is 2.47. The summed E-state index contributed by atoms with van der Waals surface area (Å²) in [6, 6.07) is 0. The fourth-order valence-electron chi connectivity index (χ4n) is 0. The van der Waals surface area contributed by atoms with Crippen molar-refractivity contribution in [2.45, 2.75) is 0 Å². The SMILES string of the molecule is Cl.N.O=[C]O. The molecule has 33 valence electrons. The van der Waals surface area contributed by atoms with Crippen molar-refractivity contribution in [1.82, 2.24) is 6.15 Å². The molecule has 4 heteroatoms. The van der Waals surface area contributed by atoms with E-state index in [4.69, 9.17) is 9.90 Å². The molecule has 0 aromatic carbocycles. The summed E-state index contributed by atoms with van der Waals surface area (Å²) in [5.41, 5.74) is 0. The second-order valence-corrected chi connectivity index (χ2v) is 0.0913. The highest BCUT2D eigenvalue weighted by Crippen LogP contribution is 0.973. The van der Waals surface area contributed by atoms with Crippen LogP contribution in [0.15, 0.2) is 0 Å². The van der Waals surface area contributed by atoms with Crippen LogP contribution in [0.1, 0.15) is 0 Å². The van der Waals surface area contributed by atoms with Gasteiger partial charge in [-0.3, -0.25) is 0 Å². The van der Waals surface area contributed by atoms with Crippen molar-refractivity contribution < 1.29 is 9.90 Å². The summed E-state index contributed by atoms with van der Waals surface area (Å²) in [4.78, 5) is 8.24. The van der Waals surface area contributed by atoms with E-state index in [2.05, 4.69) is 0 Å². The summed E-state index contributed by atoms with van der Waals surface area (Å²) in [5.74, 6) is 0. The van der Waals surface area contributed by atoms with Gasteiger partial charge in [0, 0.05) is 0 Å². The number of aliphatic hydroxyl groups excluding tert-OH is 1. The minimum atomic E-state index is 0. The van der Waals surface area contributed by atoms with Gasteiger partial charge in [-0.25, -0.2) is 4.79 Å². The molecule has 0 heterocycles. The minimum absolute atomic E-state index is 0. The van der Waals surface area contributed by atoms with Crippen LogP contribution in [0.3, 0.4) is 0 Å². The van der Waals surface area contributed by atoms with Crippen LogP contribution in [0.5, 0.6) is 0 Å². The van der Waals surface area contributed by atoms with Crippen LogP contribution >= 0.6 is 12.4 Å². The first kappa shape index (κ1) is 22.1. The van der Waals surface area contributed by atoms with E-state index in [1.807, 2.05) is 0 Å². The van der Waals surface area contributed by atoms with E-state index >= 15 is 0 Å². The van der Waals surface area contributed by atoms with Crippen molar-refractivity contribution in [3.8, 4) is 0 Å². The Morgan fingerprint density at radius 3 is 1.60 bits per heavy atom. The van der Waals surface area contributed by atoms with Crippen molar-refractivity contribution >= 4 is 18.9 Å². The second kappa shape index (κ2) is 53.1. The first-order chi connectivity index (χ1) is 1.41. The number of hydrogen-bond acceptors (Lipinski definition) is 2. The molecule has 0 atom stereocenters. The third-order valence-corrected chi connectivity index (χ3v) is 0. The molecule has 0 amide bonds. The van der Waals surface area contributed by atoms with Gasteiger partial charge < -0.3 is 11.3 Å². The lowest BCUT2D eigenvalue weighted by molar-refractivity contribution is 0.437. The van der Waals surface area contributed by atoms with Gasteiger partial charge >= 0.3 is 6.47 Å². The van der Waals surface area contributed by atoms with E-state index in [0.717, 1.165) is 0 Å². The normalized spacial score (nSPS) is 2.40. The monoisotopic (exact) mass is 98.0 g/mol. The number of hydrogen-bond donors (Lipinski definition) is 2. The Balaban J connectivity index is -0.0000000200. The molecule has 0 rings (SSSR count). The molecule has 0 saturated carbocycles. The Morgan fingerprint density at radius 2 is 1.60 bits per heavy atom. The summed E-state index contributed by atoms with van der Waals surface area (Å²) in [6.07, 6.45) is 0. The number of halogens is 1. The molecule has 0 spiro atoms. The van der Waals surface area contributed by atoms with Crippen LogP contribution in [0.2, 0.25) is 0 Å². The molecule has 4 N–H and O–H groups in total. The summed E-state index contributed by atoms with van der Waals surface area (Å²) < 4.78 is 0. The van der Waals surface area contributed by atoms with Gasteiger partial charge in [0.1, 0.15) is 0 Å². The third kappa shape index (κ3) is 140. The van der Waals surface area contributed by atoms with Gasteiger partial charge in [-0.1, -0.05) is 0 Å². The minimum Gasteiger partial charge on any atom is -0.473 e. The molecule has 0 aromatic rings. The van der Waals surface area contributed by atoms with Gasteiger partial charge in [0.25, 0.3) is 0 Å². The maximum absolute atomic E-state index is 8.24. The summed E-state index contributed by atoms with van der Waals surface area (Å²) in [5, 5.41) is 6.76. The van der Waals surface area contributed by atoms with Gasteiger partial charge in [0.2, 0.25) is 0 Å². The fourth-order valence-corrected chi connectivity index (χ4v) is 0. The van der Waals surface area contributed by atoms with E-state index < -0.39 is 0 Å². The van der Waals surface area contributed by atoms with Crippen LogP contribution in [0.25, 0.3) is 0 Å². The standard InChI is InChI=1S/CHO2.ClH.H3N/c2-1-3;;/h(H,2,3);1H;1H3. The topological polar surface area (TPSA) is 72.3 Å². The Hall–Kier alpha value is -0.280. The van der Waals surface area contributed by atoms with E-state index in [1.165, 1.54) is 0 Å². The first-order valence-electron chi connectivity index (χ1n) is 0.428. The largest absolute Gasteiger partial charge is 0.473 e. The maximum atomic E-state index is 8.24. The van der Waals surface area contributed by atoms with Gasteiger partial charge in [-0.2, -0.15) is 0 Å². The molecule has 0 saturated heterocycles. The molecule has 0 aliphatic heterocycles. The Labute approximate surface area is 36.0 Å². The van der Waals surface area contributed by atoms with E-state index in [-0.39, 0.29) is 18.6 Å². The molecule has 0 bridgehead atoms. The molecular weight excluding hydrogens is 93.5 g/mol. The summed E-state index contributed by atoms with van der Waals surface area (Å²) in [6.45, 7) is 0.500. The zero-order chi connectivity index (χ0) is 2.71. The third-order valence-electron chi connectivity index (χ3n) is 0. The molecule has 1 radical (unpaired) electrons. The molecular formula is CH5ClNO2. The highest BCUT2D eigenvalue weighted by molar-refractivity contribution is 5.85. The number of rotatable bonds is 0. The predicted octanol–water partition coefficient (Wildman–Crippen LogP) is 0.195. The van der Waals surface area contributed by atoms with Gasteiger partial charge in [-0.05, 0) is 0 Å². The average Bonchev–Trinajstić information content (AvgIpc) is 0.918. The van der Waals surface area contributed by atoms with Crippen molar-refractivity contribution in [3.05, 3.63) is 0 Å². The second-order valence-electron chi connectivity index (χ2n) is 0.0913. The zero-order valence-corrected chi connectivity index (χ0v) is 3.29. The lowest BCUT2D eigenvalue weighted by atomic mass is 11.7. The van der Waals surface area contributed by atoms with Crippen LogP contribution in [-0.4, -0.2) is 11.6 Å². The highest BCUT2D eigenvalue weighted by atomic mass is 35.5. The Bertz CT molecular complexity index is 17.1. The van der Waals surface area contributed by atoms with E-state index in [0.29, 0.717) is 6.47 Å². The Kier molecular flexibility index (Phi) is 234. The Morgan fingerprint density at radius 1 is 1.60 bits per heavy atom. The lowest BCUT2D eigenvalue weighted by Gasteiger charge is -1.29.